The zero-order valence-electron chi connectivity index (χ0n) is 15.9. The Balaban J connectivity index is 1.56. The maximum Gasteiger partial charge on any atom is 0.174 e. The van der Waals surface area contributed by atoms with Gasteiger partial charge in [-0.05, 0) is 67.8 Å². The lowest BCUT2D eigenvalue weighted by Crippen LogP contribution is -2.59. The standard InChI is InChI=1S/C22H32O3/c1-14-6-8-20(2)15(12-14)4-5-16-17-7-9-22(24-10-11-25-22)21(17,3)13-18(23)19(16)20/h4,12,16-19,23H,5-11,13H2,1-3H3/t16?,17?,18?,19?,20-,21-/m0/s1. The van der Waals surface area contributed by atoms with Gasteiger partial charge in [-0.1, -0.05) is 31.6 Å². The van der Waals surface area contributed by atoms with Gasteiger partial charge in [-0.2, -0.15) is 0 Å². The largest absolute Gasteiger partial charge is 0.393 e. The van der Waals surface area contributed by atoms with E-state index in [-0.39, 0.29) is 16.9 Å². The lowest BCUT2D eigenvalue weighted by Gasteiger charge is -2.59. The molecule has 6 atom stereocenters. The molecule has 5 aliphatic rings. The fourth-order valence-electron chi connectivity index (χ4n) is 7.48. The van der Waals surface area contributed by atoms with Gasteiger partial charge in [0, 0.05) is 11.8 Å². The van der Waals surface area contributed by atoms with Crippen LogP contribution in [0.3, 0.4) is 0 Å². The Bertz CT molecular complexity index is 644. The molecule has 0 bridgehead atoms. The third-order valence-corrected chi connectivity index (χ3v) is 8.70. The normalized spacial score (nSPS) is 50.7. The Hall–Kier alpha value is -0.640. The Morgan fingerprint density at radius 2 is 1.92 bits per heavy atom. The molecule has 0 aromatic rings. The van der Waals surface area contributed by atoms with Gasteiger partial charge in [-0.3, -0.25) is 0 Å². The molecule has 2 saturated carbocycles. The van der Waals surface area contributed by atoms with Gasteiger partial charge in [0.1, 0.15) is 0 Å². The first kappa shape index (κ1) is 16.5. The molecule has 1 saturated heterocycles. The van der Waals surface area contributed by atoms with Crippen LogP contribution in [0.25, 0.3) is 0 Å². The monoisotopic (exact) mass is 344 g/mol. The smallest absolute Gasteiger partial charge is 0.174 e. The fraction of sp³-hybridized carbons (Fsp3) is 0.818. The quantitative estimate of drug-likeness (QED) is 0.715. The van der Waals surface area contributed by atoms with Crippen molar-refractivity contribution < 1.29 is 14.6 Å². The average molecular weight is 344 g/mol. The second-order valence-electron chi connectivity index (χ2n) is 9.78. The maximum absolute atomic E-state index is 11.4. The van der Waals surface area contributed by atoms with Crippen LogP contribution in [0.2, 0.25) is 0 Å². The van der Waals surface area contributed by atoms with E-state index in [0.717, 1.165) is 19.3 Å². The van der Waals surface area contributed by atoms with Crippen molar-refractivity contribution >= 4 is 0 Å². The SMILES string of the molecule is CC1=CC2=CCC3C(C(O)C[C@@]4(C)C3CCC43OCCO3)[C@@]2(C)CC1. The van der Waals surface area contributed by atoms with Crippen LogP contribution in [0.4, 0.5) is 0 Å². The molecule has 1 heterocycles. The second kappa shape index (κ2) is 5.21. The molecule has 4 unspecified atom stereocenters. The molecule has 3 fully saturated rings. The summed E-state index contributed by atoms with van der Waals surface area (Å²) in [6.07, 6.45) is 11.1. The summed E-state index contributed by atoms with van der Waals surface area (Å²) in [6, 6.07) is 0. The highest BCUT2D eigenvalue weighted by Crippen LogP contribution is 2.68. The highest BCUT2D eigenvalue weighted by Gasteiger charge is 2.68. The van der Waals surface area contributed by atoms with Crippen LogP contribution < -0.4 is 0 Å². The third-order valence-electron chi connectivity index (χ3n) is 8.70. The summed E-state index contributed by atoms with van der Waals surface area (Å²) in [6.45, 7) is 8.41. The van der Waals surface area contributed by atoms with Gasteiger partial charge >= 0.3 is 0 Å². The first-order valence-corrected chi connectivity index (χ1v) is 10.2. The zero-order valence-corrected chi connectivity index (χ0v) is 15.9. The first-order chi connectivity index (χ1) is 11.9. The maximum atomic E-state index is 11.4. The first-order valence-electron chi connectivity index (χ1n) is 10.2. The van der Waals surface area contributed by atoms with Crippen molar-refractivity contribution in [3.05, 3.63) is 23.3 Å². The van der Waals surface area contributed by atoms with E-state index in [2.05, 4.69) is 32.9 Å². The highest BCUT2D eigenvalue weighted by molar-refractivity contribution is 5.37. The van der Waals surface area contributed by atoms with Crippen LogP contribution in [0, 0.1) is 28.6 Å². The van der Waals surface area contributed by atoms with Crippen LogP contribution in [-0.2, 0) is 9.47 Å². The molecule has 3 nitrogen and oxygen atoms in total. The summed E-state index contributed by atoms with van der Waals surface area (Å²) in [7, 11) is 0. The molecule has 138 valence electrons. The van der Waals surface area contributed by atoms with Crippen molar-refractivity contribution in [3.63, 3.8) is 0 Å². The molecular formula is C22H32O3. The number of aliphatic hydroxyl groups excluding tert-OH is 1. The van der Waals surface area contributed by atoms with Gasteiger partial charge < -0.3 is 14.6 Å². The van der Waals surface area contributed by atoms with Crippen LogP contribution in [0.1, 0.15) is 59.3 Å². The molecule has 4 aliphatic carbocycles. The number of aliphatic hydroxyl groups is 1. The Kier molecular flexibility index (Phi) is 3.44. The van der Waals surface area contributed by atoms with Gasteiger partial charge in [0.15, 0.2) is 5.79 Å². The van der Waals surface area contributed by atoms with E-state index in [1.165, 1.54) is 30.4 Å². The molecule has 1 aliphatic heterocycles. The van der Waals surface area contributed by atoms with Crippen molar-refractivity contribution in [1.82, 2.24) is 0 Å². The van der Waals surface area contributed by atoms with E-state index in [1.54, 1.807) is 0 Å². The topological polar surface area (TPSA) is 38.7 Å². The molecule has 1 spiro atoms. The number of ether oxygens (including phenoxy) is 2. The predicted molar refractivity (Wildman–Crippen MR) is 96.9 cm³/mol. The van der Waals surface area contributed by atoms with E-state index >= 15 is 0 Å². The Labute approximate surface area is 151 Å². The van der Waals surface area contributed by atoms with Crippen LogP contribution in [0.5, 0.6) is 0 Å². The fourth-order valence-corrected chi connectivity index (χ4v) is 7.48. The zero-order chi connectivity index (χ0) is 17.4. The van der Waals surface area contributed by atoms with E-state index < -0.39 is 5.79 Å². The lowest BCUT2D eigenvalue weighted by atomic mass is 9.47. The highest BCUT2D eigenvalue weighted by atomic mass is 16.7. The number of allylic oxidation sites excluding steroid dienone is 4. The summed E-state index contributed by atoms with van der Waals surface area (Å²) in [5, 5.41) is 11.4. The van der Waals surface area contributed by atoms with Crippen LogP contribution in [0.15, 0.2) is 23.3 Å². The number of hydrogen-bond donors (Lipinski definition) is 1. The van der Waals surface area contributed by atoms with E-state index in [0.29, 0.717) is 31.0 Å². The molecule has 0 aromatic heterocycles. The van der Waals surface area contributed by atoms with Crippen molar-refractivity contribution in [3.8, 4) is 0 Å². The summed E-state index contributed by atoms with van der Waals surface area (Å²) < 4.78 is 12.4. The van der Waals surface area contributed by atoms with Crippen molar-refractivity contribution in [1.29, 1.82) is 0 Å². The molecule has 0 amide bonds. The minimum atomic E-state index is -0.433. The molecule has 1 N–H and O–H groups in total. The van der Waals surface area contributed by atoms with Crippen molar-refractivity contribution in [2.75, 3.05) is 13.2 Å². The molecular weight excluding hydrogens is 312 g/mol. The van der Waals surface area contributed by atoms with Gasteiger partial charge in [0.05, 0.1) is 19.3 Å². The molecule has 0 radical (unpaired) electrons. The van der Waals surface area contributed by atoms with Crippen molar-refractivity contribution in [2.45, 2.75) is 71.2 Å². The second-order valence-corrected chi connectivity index (χ2v) is 9.78. The van der Waals surface area contributed by atoms with Crippen LogP contribution in [-0.4, -0.2) is 30.2 Å². The summed E-state index contributed by atoms with van der Waals surface area (Å²) in [5.41, 5.74) is 3.06. The average Bonchev–Trinajstić information content (AvgIpc) is 3.15. The number of rotatable bonds is 0. The van der Waals surface area contributed by atoms with Crippen LogP contribution >= 0.6 is 0 Å². The Morgan fingerprint density at radius 3 is 2.68 bits per heavy atom. The molecule has 5 rings (SSSR count). The van der Waals surface area contributed by atoms with Gasteiger partial charge in [0.25, 0.3) is 0 Å². The van der Waals surface area contributed by atoms with E-state index in [9.17, 15) is 5.11 Å². The summed E-state index contributed by atoms with van der Waals surface area (Å²) >= 11 is 0. The van der Waals surface area contributed by atoms with Gasteiger partial charge in [0.2, 0.25) is 0 Å². The number of fused-ring (bicyclic) bond motifs is 6. The van der Waals surface area contributed by atoms with Crippen molar-refractivity contribution in [2.24, 2.45) is 28.6 Å². The predicted octanol–water partition coefficient (Wildman–Crippen LogP) is 4.22. The lowest BCUT2D eigenvalue weighted by molar-refractivity contribution is -0.255. The summed E-state index contributed by atoms with van der Waals surface area (Å²) in [5.74, 6) is 1.10. The minimum absolute atomic E-state index is 0.0494. The molecule has 0 aromatic carbocycles. The number of hydrogen-bond acceptors (Lipinski definition) is 3. The summed E-state index contributed by atoms with van der Waals surface area (Å²) in [4.78, 5) is 0. The van der Waals surface area contributed by atoms with Gasteiger partial charge in [-0.15, -0.1) is 0 Å². The van der Waals surface area contributed by atoms with E-state index in [1.807, 2.05) is 0 Å². The molecule has 3 heteroatoms. The molecule has 25 heavy (non-hydrogen) atoms. The third kappa shape index (κ3) is 1.98. The van der Waals surface area contributed by atoms with E-state index in [4.69, 9.17) is 9.47 Å². The Morgan fingerprint density at radius 1 is 1.16 bits per heavy atom. The van der Waals surface area contributed by atoms with Gasteiger partial charge in [-0.25, -0.2) is 0 Å². The minimum Gasteiger partial charge on any atom is -0.393 e.